The number of amides is 1. The van der Waals surface area contributed by atoms with E-state index in [9.17, 15) is 4.79 Å². The Balaban J connectivity index is 1.60. The van der Waals surface area contributed by atoms with E-state index in [2.05, 4.69) is 9.97 Å². The molecule has 1 aromatic carbocycles. The summed E-state index contributed by atoms with van der Waals surface area (Å²) in [5.74, 6) is 1.04. The van der Waals surface area contributed by atoms with Crippen LogP contribution in [-0.4, -0.2) is 33.9 Å². The third kappa shape index (κ3) is 4.64. The van der Waals surface area contributed by atoms with Crippen LogP contribution in [0, 0.1) is 0 Å². The first-order chi connectivity index (χ1) is 14.2. The number of para-hydroxylation sites is 1. The van der Waals surface area contributed by atoms with Crippen LogP contribution in [0.1, 0.15) is 61.1 Å². The molecule has 2 heterocycles. The highest BCUT2D eigenvalue weighted by Gasteiger charge is 2.27. The second kappa shape index (κ2) is 9.44. The maximum atomic E-state index is 13.4. The molecule has 3 aromatic rings. The number of aromatic nitrogens is 2. The Hall–Kier alpha value is -2.34. The van der Waals surface area contributed by atoms with Crippen molar-refractivity contribution in [3.63, 3.8) is 0 Å². The standard InChI is InChI=1S/C23H27N3O2S/c1-26(17-10-5-3-2-4-6-11-17)22(27)21-19(16-29-23-24-14-9-15-25-23)18-12-7-8-13-20(18)28-21/h7-9,12-15,17H,2-6,10-11,16H2,1H3. The molecule has 0 spiro atoms. The van der Waals surface area contributed by atoms with Gasteiger partial charge in [0, 0.05) is 42.2 Å². The molecule has 0 radical (unpaired) electrons. The molecule has 0 saturated heterocycles. The van der Waals surface area contributed by atoms with Crippen molar-refractivity contribution in [2.24, 2.45) is 0 Å². The zero-order chi connectivity index (χ0) is 20.1. The first-order valence-electron chi connectivity index (χ1n) is 10.4. The molecule has 29 heavy (non-hydrogen) atoms. The Kier molecular flexibility index (Phi) is 6.49. The van der Waals surface area contributed by atoms with E-state index in [-0.39, 0.29) is 11.9 Å². The van der Waals surface area contributed by atoms with Gasteiger partial charge in [0.05, 0.1) is 0 Å². The van der Waals surface area contributed by atoms with Gasteiger partial charge in [0.15, 0.2) is 10.9 Å². The quantitative estimate of drug-likeness (QED) is 0.400. The van der Waals surface area contributed by atoms with Gasteiger partial charge in [-0.3, -0.25) is 4.79 Å². The third-order valence-electron chi connectivity index (χ3n) is 5.72. The van der Waals surface area contributed by atoms with E-state index in [0.29, 0.717) is 16.7 Å². The molecule has 0 aliphatic heterocycles. The first kappa shape index (κ1) is 20.0. The van der Waals surface area contributed by atoms with Gasteiger partial charge in [0.25, 0.3) is 5.91 Å². The van der Waals surface area contributed by atoms with E-state index in [1.807, 2.05) is 36.2 Å². The number of furan rings is 1. The first-order valence-corrected chi connectivity index (χ1v) is 11.4. The number of rotatable bonds is 5. The normalized spacial score (nSPS) is 15.8. The number of thioether (sulfide) groups is 1. The molecular formula is C23H27N3O2S. The predicted molar refractivity (Wildman–Crippen MR) is 116 cm³/mol. The van der Waals surface area contributed by atoms with Gasteiger partial charge in [0.1, 0.15) is 5.58 Å². The summed E-state index contributed by atoms with van der Waals surface area (Å²) in [5.41, 5.74) is 1.69. The molecule has 5 nitrogen and oxygen atoms in total. The maximum Gasteiger partial charge on any atom is 0.289 e. The van der Waals surface area contributed by atoms with Crippen molar-refractivity contribution >= 4 is 28.6 Å². The highest BCUT2D eigenvalue weighted by Crippen LogP contribution is 2.32. The van der Waals surface area contributed by atoms with E-state index in [1.165, 1.54) is 43.9 Å². The fourth-order valence-electron chi connectivity index (χ4n) is 4.06. The van der Waals surface area contributed by atoms with Gasteiger partial charge >= 0.3 is 0 Å². The number of fused-ring (bicyclic) bond motifs is 1. The van der Waals surface area contributed by atoms with Crippen LogP contribution in [0.3, 0.4) is 0 Å². The largest absolute Gasteiger partial charge is 0.451 e. The molecule has 0 bridgehead atoms. The van der Waals surface area contributed by atoms with Crippen molar-refractivity contribution in [3.05, 3.63) is 54.0 Å². The van der Waals surface area contributed by atoms with E-state index < -0.39 is 0 Å². The summed E-state index contributed by atoms with van der Waals surface area (Å²) < 4.78 is 6.07. The molecule has 1 fully saturated rings. The zero-order valence-electron chi connectivity index (χ0n) is 16.8. The Bertz CT molecular complexity index is 949. The van der Waals surface area contributed by atoms with Crippen LogP contribution >= 0.6 is 11.8 Å². The summed E-state index contributed by atoms with van der Waals surface area (Å²) in [5, 5.41) is 1.69. The molecule has 1 saturated carbocycles. The van der Waals surface area contributed by atoms with Crippen molar-refractivity contribution in [1.82, 2.24) is 14.9 Å². The third-order valence-corrected chi connectivity index (χ3v) is 6.63. The second-order valence-electron chi connectivity index (χ2n) is 7.64. The Morgan fingerprint density at radius 2 is 1.76 bits per heavy atom. The fourth-order valence-corrected chi connectivity index (χ4v) is 4.89. The molecule has 1 amide bonds. The minimum absolute atomic E-state index is 0.0173. The summed E-state index contributed by atoms with van der Waals surface area (Å²) in [6, 6.07) is 9.96. The summed E-state index contributed by atoms with van der Waals surface area (Å²) in [7, 11) is 1.93. The van der Waals surface area contributed by atoms with Gasteiger partial charge in [-0.2, -0.15) is 0 Å². The SMILES string of the molecule is CN(C(=O)c1oc2ccccc2c1CSc1ncccn1)C1CCCCCCC1. The monoisotopic (exact) mass is 409 g/mol. The smallest absolute Gasteiger partial charge is 0.289 e. The molecule has 1 aliphatic carbocycles. The summed E-state index contributed by atoms with van der Waals surface area (Å²) >= 11 is 1.52. The Morgan fingerprint density at radius 1 is 1.07 bits per heavy atom. The van der Waals surface area contributed by atoms with Crippen LogP contribution in [0.4, 0.5) is 0 Å². The lowest BCUT2D eigenvalue weighted by atomic mass is 9.95. The van der Waals surface area contributed by atoms with Crippen LogP contribution in [0.5, 0.6) is 0 Å². The average Bonchev–Trinajstić information content (AvgIpc) is 3.10. The number of carbonyl (C=O) groups excluding carboxylic acids is 1. The van der Waals surface area contributed by atoms with Crippen molar-refractivity contribution in [1.29, 1.82) is 0 Å². The summed E-state index contributed by atoms with van der Waals surface area (Å²) in [6.07, 6.45) is 11.8. The lowest BCUT2D eigenvalue weighted by molar-refractivity contribution is 0.0676. The van der Waals surface area contributed by atoms with Gasteiger partial charge < -0.3 is 9.32 Å². The number of hydrogen-bond donors (Lipinski definition) is 0. The number of carbonyl (C=O) groups is 1. The molecule has 2 aromatic heterocycles. The molecule has 0 atom stereocenters. The zero-order valence-corrected chi connectivity index (χ0v) is 17.7. The van der Waals surface area contributed by atoms with Gasteiger partial charge in [-0.25, -0.2) is 9.97 Å². The minimum Gasteiger partial charge on any atom is -0.451 e. The minimum atomic E-state index is -0.0173. The van der Waals surface area contributed by atoms with Gasteiger partial charge in [-0.1, -0.05) is 62.1 Å². The van der Waals surface area contributed by atoms with Crippen LogP contribution in [0.2, 0.25) is 0 Å². The Labute approximate surface area is 175 Å². The van der Waals surface area contributed by atoms with Crippen LogP contribution < -0.4 is 0 Å². The average molecular weight is 410 g/mol. The highest BCUT2D eigenvalue weighted by molar-refractivity contribution is 7.98. The van der Waals surface area contributed by atoms with E-state index in [1.54, 1.807) is 18.5 Å². The lowest BCUT2D eigenvalue weighted by Gasteiger charge is -2.29. The number of hydrogen-bond acceptors (Lipinski definition) is 5. The van der Waals surface area contributed by atoms with Gasteiger partial charge in [0.2, 0.25) is 0 Å². The van der Waals surface area contributed by atoms with Gasteiger partial charge in [-0.05, 0) is 25.0 Å². The van der Waals surface area contributed by atoms with E-state index >= 15 is 0 Å². The van der Waals surface area contributed by atoms with E-state index in [0.717, 1.165) is 29.4 Å². The molecule has 6 heteroatoms. The van der Waals surface area contributed by atoms with Crippen molar-refractivity contribution in [2.75, 3.05) is 7.05 Å². The lowest BCUT2D eigenvalue weighted by Crippen LogP contribution is -2.37. The van der Waals surface area contributed by atoms with Gasteiger partial charge in [-0.15, -0.1) is 0 Å². The van der Waals surface area contributed by atoms with Crippen LogP contribution in [-0.2, 0) is 5.75 Å². The summed E-state index contributed by atoms with van der Waals surface area (Å²) in [6.45, 7) is 0. The van der Waals surface area contributed by atoms with Crippen molar-refractivity contribution in [2.45, 2.75) is 61.9 Å². The number of benzene rings is 1. The van der Waals surface area contributed by atoms with E-state index in [4.69, 9.17) is 4.42 Å². The molecule has 4 rings (SSSR count). The second-order valence-corrected chi connectivity index (χ2v) is 8.58. The fraction of sp³-hybridized carbons (Fsp3) is 0.435. The summed E-state index contributed by atoms with van der Waals surface area (Å²) in [4.78, 5) is 23.9. The molecule has 0 unspecified atom stereocenters. The van der Waals surface area contributed by atoms with Crippen molar-refractivity contribution in [3.8, 4) is 0 Å². The molecule has 152 valence electrons. The number of nitrogens with zero attached hydrogens (tertiary/aromatic N) is 3. The van der Waals surface area contributed by atoms with Crippen LogP contribution in [0.25, 0.3) is 11.0 Å². The van der Waals surface area contributed by atoms with Crippen molar-refractivity contribution < 1.29 is 9.21 Å². The molecular weight excluding hydrogens is 382 g/mol. The molecule has 1 aliphatic rings. The predicted octanol–water partition coefficient (Wildman–Crippen LogP) is 5.70. The maximum absolute atomic E-state index is 13.4. The highest BCUT2D eigenvalue weighted by atomic mass is 32.2. The topological polar surface area (TPSA) is 59.2 Å². The molecule has 0 N–H and O–H groups in total. The van der Waals surface area contributed by atoms with Crippen LogP contribution in [0.15, 0.2) is 52.3 Å². The Morgan fingerprint density at radius 3 is 2.52 bits per heavy atom.